The minimum atomic E-state index is -3.63. The van der Waals surface area contributed by atoms with Gasteiger partial charge in [-0.3, -0.25) is 9.52 Å². The van der Waals surface area contributed by atoms with Gasteiger partial charge >= 0.3 is 0 Å². The molecule has 1 saturated carbocycles. The zero-order valence-electron chi connectivity index (χ0n) is 15.6. The molecule has 0 bridgehead atoms. The van der Waals surface area contributed by atoms with Gasteiger partial charge in [0.15, 0.2) is 0 Å². The number of fused-ring (bicyclic) bond motifs is 1. The van der Waals surface area contributed by atoms with Gasteiger partial charge in [-0.1, -0.05) is 18.6 Å². The molecular formula is C20H24N2O3S2. The van der Waals surface area contributed by atoms with Gasteiger partial charge in [-0.15, -0.1) is 11.3 Å². The smallest absolute Gasteiger partial charge is 0.271 e. The first-order chi connectivity index (χ1) is 12.8. The Bertz CT molecular complexity index is 991. The topological polar surface area (TPSA) is 66.5 Å². The first kappa shape index (κ1) is 18.5. The molecule has 0 saturated heterocycles. The van der Waals surface area contributed by atoms with Crippen LogP contribution in [0.1, 0.15) is 40.8 Å². The van der Waals surface area contributed by atoms with E-state index < -0.39 is 10.0 Å². The number of carbonyl (C=O) groups is 1. The number of sulfonamides is 1. The molecule has 0 atom stereocenters. The fourth-order valence-corrected chi connectivity index (χ4v) is 6.26. The normalized spacial score (nSPS) is 17.3. The molecule has 144 valence electrons. The van der Waals surface area contributed by atoms with Crippen molar-refractivity contribution in [2.45, 2.75) is 50.3 Å². The molecular weight excluding hydrogens is 380 g/mol. The summed E-state index contributed by atoms with van der Waals surface area (Å²) in [6.45, 7) is 5.09. The highest BCUT2D eigenvalue weighted by Crippen LogP contribution is 2.35. The van der Waals surface area contributed by atoms with Crippen LogP contribution in [-0.4, -0.2) is 25.8 Å². The highest BCUT2D eigenvalue weighted by molar-refractivity contribution is 7.94. The van der Waals surface area contributed by atoms with Crippen LogP contribution in [0, 0.1) is 19.8 Å². The van der Waals surface area contributed by atoms with E-state index in [4.69, 9.17) is 0 Å². The molecule has 0 unspecified atom stereocenters. The molecule has 1 aliphatic carbocycles. The van der Waals surface area contributed by atoms with Crippen molar-refractivity contribution in [3.8, 4) is 0 Å². The van der Waals surface area contributed by atoms with Crippen molar-refractivity contribution >= 4 is 33.0 Å². The number of hydrogen-bond acceptors (Lipinski definition) is 4. The Kier molecular flexibility index (Phi) is 4.76. The molecule has 2 heterocycles. The number of anilines is 1. The lowest BCUT2D eigenvalue weighted by Gasteiger charge is -2.33. The molecule has 1 N–H and O–H groups in total. The lowest BCUT2D eigenvalue weighted by atomic mass is 9.84. The summed E-state index contributed by atoms with van der Waals surface area (Å²) >= 11 is 1.33. The molecule has 1 amide bonds. The van der Waals surface area contributed by atoms with E-state index in [0.717, 1.165) is 47.3 Å². The van der Waals surface area contributed by atoms with E-state index in [9.17, 15) is 13.2 Å². The van der Waals surface area contributed by atoms with Crippen molar-refractivity contribution in [2.75, 3.05) is 11.3 Å². The molecule has 1 fully saturated rings. The van der Waals surface area contributed by atoms with E-state index in [-0.39, 0.29) is 11.8 Å². The summed E-state index contributed by atoms with van der Waals surface area (Å²) in [6.07, 6.45) is 3.86. The zero-order chi connectivity index (χ0) is 19.2. The second-order valence-corrected chi connectivity index (χ2v) is 10.6. The Labute approximate surface area is 164 Å². The van der Waals surface area contributed by atoms with Crippen molar-refractivity contribution in [3.63, 3.8) is 0 Å². The zero-order valence-corrected chi connectivity index (χ0v) is 17.3. The van der Waals surface area contributed by atoms with Gasteiger partial charge < -0.3 is 4.90 Å². The maximum absolute atomic E-state index is 12.9. The molecule has 1 aliphatic heterocycles. The van der Waals surface area contributed by atoms with E-state index >= 15 is 0 Å². The summed E-state index contributed by atoms with van der Waals surface area (Å²) in [5.74, 6) is 0.412. The molecule has 0 spiro atoms. The third-order valence-electron chi connectivity index (χ3n) is 5.72. The van der Waals surface area contributed by atoms with Crippen LogP contribution >= 0.6 is 11.3 Å². The summed E-state index contributed by atoms with van der Waals surface area (Å²) in [5, 5.41) is 0. The minimum absolute atomic E-state index is 0.180. The minimum Gasteiger partial charge on any atom is -0.338 e. The number of thiophene rings is 1. The molecule has 2 aromatic rings. The molecule has 2 aliphatic rings. The number of carbonyl (C=O) groups excluding carboxylic acids is 1. The molecule has 1 aromatic carbocycles. The van der Waals surface area contributed by atoms with Crippen molar-refractivity contribution in [1.82, 2.24) is 4.90 Å². The summed E-state index contributed by atoms with van der Waals surface area (Å²) in [4.78, 5) is 15.5. The van der Waals surface area contributed by atoms with Gasteiger partial charge in [0.05, 0.1) is 5.69 Å². The third kappa shape index (κ3) is 3.50. The Morgan fingerprint density at radius 2 is 2.04 bits per heavy atom. The van der Waals surface area contributed by atoms with Crippen LogP contribution in [0.4, 0.5) is 5.69 Å². The number of amides is 1. The predicted molar refractivity (Wildman–Crippen MR) is 108 cm³/mol. The average Bonchev–Trinajstić information content (AvgIpc) is 3.01. The summed E-state index contributed by atoms with van der Waals surface area (Å²) in [6, 6.07) is 7.34. The lowest BCUT2D eigenvalue weighted by Crippen LogP contribution is -2.41. The fourth-order valence-electron chi connectivity index (χ4n) is 3.60. The number of nitrogens with one attached hydrogen (secondary N) is 1. The highest BCUT2D eigenvalue weighted by atomic mass is 32.2. The predicted octanol–water partition coefficient (Wildman–Crippen LogP) is 3.85. The first-order valence-electron chi connectivity index (χ1n) is 9.34. The Morgan fingerprint density at radius 1 is 1.26 bits per heavy atom. The van der Waals surface area contributed by atoms with Gasteiger partial charge in [-0.05, 0) is 61.9 Å². The van der Waals surface area contributed by atoms with Crippen LogP contribution in [0.15, 0.2) is 28.5 Å². The quantitative estimate of drug-likeness (QED) is 0.842. The van der Waals surface area contributed by atoms with Crippen LogP contribution in [0.3, 0.4) is 0 Å². The molecule has 27 heavy (non-hydrogen) atoms. The van der Waals surface area contributed by atoms with E-state index in [2.05, 4.69) is 4.72 Å². The van der Waals surface area contributed by atoms with Gasteiger partial charge in [0.1, 0.15) is 4.21 Å². The Morgan fingerprint density at radius 3 is 2.74 bits per heavy atom. The van der Waals surface area contributed by atoms with Crippen LogP contribution in [-0.2, 0) is 27.8 Å². The van der Waals surface area contributed by atoms with Crippen molar-refractivity contribution in [1.29, 1.82) is 0 Å². The van der Waals surface area contributed by atoms with Gasteiger partial charge in [0.25, 0.3) is 10.0 Å². The van der Waals surface area contributed by atoms with Crippen LogP contribution in [0.2, 0.25) is 0 Å². The summed E-state index contributed by atoms with van der Waals surface area (Å²) in [7, 11) is -3.63. The molecule has 4 rings (SSSR count). The van der Waals surface area contributed by atoms with Crippen LogP contribution < -0.4 is 4.72 Å². The van der Waals surface area contributed by atoms with Gasteiger partial charge in [-0.25, -0.2) is 8.42 Å². The number of benzene rings is 1. The van der Waals surface area contributed by atoms with E-state index in [1.54, 1.807) is 12.1 Å². The van der Waals surface area contributed by atoms with Gasteiger partial charge in [0, 0.05) is 23.9 Å². The second kappa shape index (κ2) is 6.95. The molecule has 7 heteroatoms. The summed E-state index contributed by atoms with van der Waals surface area (Å²) in [5.41, 5.74) is 3.56. The number of nitrogens with zero attached hydrogens (tertiary/aromatic N) is 1. The third-order valence-corrected chi connectivity index (χ3v) is 8.80. The van der Waals surface area contributed by atoms with Crippen LogP contribution in [0.5, 0.6) is 0 Å². The number of rotatable bonds is 4. The van der Waals surface area contributed by atoms with Crippen molar-refractivity contribution < 1.29 is 13.2 Å². The second-order valence-electron chi connectivity index (χ2n) is 7.50. The van der Waals surface area contributed by atoms with Gasteiger partial charge in [0.2, 0.25) is 5.91 Å². The van der Waals surface area contributed by atoms with E-state index in [1.807, 2.05) is 30.9 Å². The highest BCUT2D eigenvalue weighted by Gasteiger charge is 2.32. The fraction of sp³-hybridized carbons (Fsp3) is 0.450. The Balaban J connectivity index is 1.54. The average molecular weight is 405 g/mol. The standard InChI is InChI=1S/C20H24N2O3S2/c1-13-5-3-8-17(14(13)2)21-27(24,25)19-11-16-12-22(10-9-18(16)26-19)20(23)15-6-4-7-15/h3,5,8,11,15,21H,4,6-7,9-10,12H2,1-2H3. The molecule has 5 nitrogen and oxygen atoms in total. The first-order valence-corrected chi connectivity index (χ1v) is 11.6. The van der Waals surface area contributed by atoms with E-state index in [0.29, 0.717) is 23.0 Å². The molecule has 1 aromatic heterocycles. The van der Waals surface area contributed by atoms with Crippen molar-refractivity contribution in [2.24, 2.45) is 5.92 Å². The maximum atomic E-state index is 12.9. The lowest BCUT2D eigenvalue weighted by molar-refractivity contribution is -0.139. The van der Waals surface area contributed by atoms with Crippen molar-refractivity contribution in [3.05, 3.63) is 45.8 Å². The number of aryl methyl sites for hydroxylation is 1. The van der Waals surface area contributed by atoms with Gasteiger partial charge in [-0.2, -0.15) is 0 Å². The largest absolute Gasteiger partial charge is 0.338 e. The Hall–Kier alpha value is -1.86. The molecule has 0 radical (unpaired) electrons. The number of hydrogen-bond donors (Lipinski definition) is 1. The monoisotopic (exact) mass is 404 g/mol. The maximum Gasteiger partial charge on any atom is 0.271 e. The summed E-state index contributed by atoms with van der Waals surface area (Å²) < 4.78 is 28.8. The van der Waals surface area contributed by atoms with E-state index in [1.165, 1.54) is 11.3 Å². The van der Waals surface area contributed by atoms with Crippen LogP contribution in [0.25, 0.3) is 0 Å². The SMILES string of the molecule is Cc1cccc(NS(=O)(=O)c2cc3c(s2)CCN(C(=O)C2CCC2)C3)c1C.